The first-order valence-corrected chi connectivity index (χ1v) is 7.60. The lowest BCUT2D eigenvalue weighted by Crippen LogP contribution is -2.07. The Morgan fingerprint density at radius 1 is 0.870 bits per heavy atom. The highest BCUT2D eigenvalue weighted by Gasteiger charge is 2.65. The Morgan fingerprint density at radius 2 is 1.48 bits per heavy atom. The number of aromatic nitrogens is 1. The van der Waals surface area contributed by atoms with E-state index in [2.05, 4.69) is 4.98 Å². The van der Waals surface area contributed by atoms with Crippen molar-refractivity contribution in [1.82, 2.24) is 4.98 Å². The summed E-state index contributed by atoms with van der Waals surface area (Å²) in [5.41, 5.74) is -2.42. The Balaban J connectivity index is 2.56. The zero-order chi connectivity index (χ0) is 17.7. The third-order valence-corrected chi connectivity index (χ3v) is 3.83. The van der Waals surface area contributed by atoms with Gasteiger partial charge in [-0.1, -0.05) is 19.4 Å². The van der Waals surface area contributed by atoms with Crippen LogP contribution in [0.5, 0.6) is 0 Å². The lowest BCUT2D eigenvalue weighted by molar-refractivity contribution is -0.137. The Bertz CT molecular complexity index is 747. The molecule has 0 fully saturated rings. The molecule has 0 aliphatic heterocycles. The molecule has 1 aromatic heterocycles. The van der Waals surface area contributed by atoms with Crippen LogP contribution in [0.2, 0.25) is 0 Å². The minimum Gasteiger partial charge on any atom is -0.256 e. The number of alkyl halides is 3. The SMILES string of the molecule is Fc1cc(-c2ccc(C(F)(F)F)cn2)cc(S(F)(F)(F)(F)F)c1. The summed E-state index contributed by atoms with van der Waals surface area (Å²) < 4.78 is 114. The van der Waals surface area contributed by atoms with E-state index >= 15 is 0 Å². The van der Waals surface area contributed by atoms with Crippen molar-refractivity contribution in [3.05, 3.63) is 47.9 Å². The van der Waals surface area contributed by atoms with Crippen molar-refractivity contribution in [3.8, 4) is 11.3 Å². The molecule has 0 aliphatic rings. The molecule has 0 saturated carbocycles. The van der Waals surface area contributed by atoms with Crippen LogP contribution in [-0.4, -0.2) is 4.98 Å². The molecule has 0 saturated heterocycles. The molecule has 0 bridgehead atoms. The molecule has 23 heavy (non-hydrogen) atoms. The van der Waals surface area contributed by atoms with Crippen molar-refractivity contribution in [3.63, 3.8) is 0 Å². The van der Waals surface area contributed by atoms with Crippen molar-refractivity contribution < 1.29 is 37.0 Å². The summed E-state index contributed by atoms with van der Waals surface area (Å²) in [7, 11) is -10.1. The normalized spacial score (nSPS) is 15.9. The molecule has 0 amide bonds. The van der Waals surface area contributed by atoms with Gasteiger partial charge in [-0.3, -0.25) is 4.98 Å². The van der Waals surface area contributed by atoms with E-state index in [1.165, 1.54) is 0 Å². The number of hydrogen-bond donors (Lipinski definition) is 0. The van der Waals surface area contributed by atoms with Gasteiger partial charge in [0.15, 0.2) is 0 Å². The van der Waals surface area contributed by atoms with Gasteiger partial charge in [0, 0.05) is 11.8 Å². The zero-order valence-electron chi connectivity index (χ0n) is 10.7. The van der Waals surface area contributed by atoms with Gasteiger partial charge in [0.2, 0.25) is 0 Å². The van der Waals surface area contributed by atoms with E-state index in [9.17, 15) is 37.0 Å². The maximum absolute atomic E-state index is 13.2. The molecule has 1 aromatic carbocycles. The minimum absolute atomic E-state index is 0.0553. The van der Waals surface area contributed by atoms with Crippen molar-refractivity contribution in [2.24, 2.45) is 0 Å². The van der Waals surface area contributed by atoms with Gasteiger partial charge in [0.1, 0.15) is 10.7 Å². The quantitative estimate of drug-likeness (QED) is 0.548. The maximum atomic E-state index is 13.2. The fourth-order valence-electron chi connectivity index (χ4n) is 1.67. The summed E-state index contributed by atoms with van der Waals surface area (Å²) in [4.78, 5) is 0.755. The van der Waals surface area contributed by atoms with E-state index in [0.29, 0.717) is 24.4 Å². The molecule has 1 nitrogen and oxygen atoms in total. The first kappa shape index (κ1) is 17.4. The molecule has 1 heterocycles. The van der Waals surface area contributed by atoms with Gasteiger partial charge in [-0.05, 0) is 30.3 Å². The molecule has 0 radical (unpaired) electrons. The van der Waals surface area contributed by atoms with E-state index in [1.54, 1.807) is 0 Å². The van der Waals surface area contributed by atoms with E-state index in [1.807, 2.05) is 0 Å². The van der Waals surface area contributed by atoms with Crippen molar-refractivity contribution in [2.45, 2.75) is 11.1 Å². The molecular weight excluding hydrogens is 361 g/mol. The predicted molar refractivity (Wildman–Crippen MR) is 66.0 cm³/mol. The number of benzene rings is 1. The third kappa shape index (κ3) is 4.09. The standard InChI is InChI=1S/C12H6F9NS/c13-9-3-7(4-10(5-9)23(17,18,19,20)21)11-2-1-8(6-22-11)12(14,15)16/h1-6H. The molecule has 128 valence electrons. The minimum atomic E-state index is -10.1. The Kier molecular flexibility index (Phi) is 3.29. The summed E-state index contributed by atoms with van der Waals surface area (Å²) in [5.74, 6) is -1.62. The molecule has 2 aromatic rings. The number of rotatable bonds is 2. The molecule has 0 N–H and O–H groups in total. The van der Waals surface area contributed by atoms with Gasteiger partial charge in [0.25, 0.3) is 0 Å². The summed E-state index contributed by atoms with van der Waals surface area (Å²) in [6.45, 7) is 0. The lowest BCUT2D eigenvalue weighted by Gasteiger charge is -2.40. The number of hydrogen-bond acceptors (Lipinski definition) is 1. The van der Waals surface area contributed by atoms with Crippen LogP contribution in [0, 0.1) is 5.82 Å². The van der Waals surface area contributed by atoms with E-state index in [-0.39, 0.29) is 12.1 Å². The first-order chi connectivity index (χ1) is 10.1. The topological polar surface area (TPSA) is 12.9 Å². The van der Waals surface area contributed by atoms with Gasteiger partial charge in [-0.25, -0.2) is 4.39 Å². The zero-order valence-corrected chi connectivity index (χ0v) is 11.5. The van der Waals surface area contributed by atoms with Gasteiger partial charge in [0.05, 0.1) is 11.3 Å². The summed E-state index contributed by atoms with van der Waals surface area (Å²) in [6.07, 6.45) is -4.43. The van der Waals surface area contributed by atoms with Crippen LogP contribution in [-0.2, 0) is 6.18 Å². The highest BCUT2D eigenvalue weighted by Crippen LogP contribution is 3.02. The van der Waals surface area contributed by atoms with Gasteiger partial charge in [-0.2, -0.15) is 13.2 Å². The fraction of sp³-hybridized carbons (Fsp3) is 0.0833. The van der Waals surface area contributed by atoms with Crippen molar-refractivity contribution in [1.29, 1.82) is 0 Å². The fourth-order valence-corrected chi connectivity index (χ4v) is 2.35. The van der Waals surface area contributed by atoms with Gasteiger partial charge < -0.3 is 0 Å². The Labute approximate surface area is 123 Å². The van der Waals surface area contributed by atoms with E-state index < -0.39 is 43.9 Å². The van der Waals surface area contributed by atoms with Crippen LogP contribution in [0.25, 0.3) is 11.3 Å². The molecule has 2 rings (SSSR count). The van der Waals surface area contributed by atoms with E-state index in [0.717, 1.165) is 0 Å². The second-order valence-electron chi connectivity index (χ2n) is 4.57. The highest BCUT2D eigenvalue weighted by atomic mass is 32.5. The first-order valence-electron chi connectivity index (χ1n) is 5.64. The van der Waals surface area contributed by atoms with Gasteiger partial charge in [-0.15, -0.1) is 0 Å². The average Bonchev–Trinajstić information content (AvgIpc) is 2.34. The molecule has 11 heteroatoms. The number of nitrogens with zero attached hydrogens (tertiary/aromatic N) is 1. The molecule has 0 spiro atoms. The van der Waals surface area contributed by atoms with Crippen LogP contribution in [0.4, 0.5) is 37.0 Å². The average molecular weight is 367 g/mol. The van der Waals surface area contributed by atoms with Gasteiger partial charge >= 0.3 is 16.4 Å². The largest absolute Gasteiger partial charge is 0.417 e. The number of halogens is 9. The third-order valence-electron chi connectivity index (χ3n) is 2.70. The van der Waals surface area contributed by atoms with Crippen LogP contribution < -0.4 is 0 Å². The smallest absolute Gasteiger partial charge is 0.256 e. The lowest BCUT2D eigenvalue weighted by atomic mass is 10.1. The van der Waals surface area contributed by atoms with Crippen molar-refractivity contribution >= 4 is 10.2 Å². The monoisotopic (exact) mass is 367 g/mol. The highest BCUT2D eigenvalue weighted by molar-refractivity contribution is 8.45. The van der Waals surface area contributed by atoms with Crippen LogP contribution >= 0.6 is 10.2 Å². The maximum Gasteiger partial charge on any atom is 0.417 e. The van der Waals surface area contributed by atoms with Crippen LogP contribution in [0.15, 0.2) is 41.4 Å². The molecule has 0 unspecified atom stereocenters. The number of pyridine rings is 1. The van der Waals surface area contributed by atoms with Crippen molar-refractivity contribution in [2.75, 3.05) is 0 Å². The second-order valence-corrected chi connectivity index (χ2v) is 6.98. The Morgan fingerprint density at radius 3 is 1.91 bits per heavy atom. The second kappa shape index (κ2) is 4.34. The summed E-state index contributed by atoms with van der Waals surface area (Å²) >= 11 is 0. The Hall–Kier alpha value is -1.91. The molecule has 0 aliphatic carbocycles. The predicted octanol–water partition coefficient (Wildman–Crippen LogP) is 6.56. The molecular formula is C12H6F9NS. The summed E-state index contributed by atoms with van der Waals surface area (Å²) in [5, 5.41) is 0. The van der Waals surface area contributed by atoms with Crippen LogP contribution in [0.3, 0.4) is 0 Å². The van der Waals surface area contributed by atoms with Crippen LogP contribution in [0.1, 0.15) is 5.56 Å². The summed E-state index contributed by atoms with van der Waals surface area (Å²) in [6, 6.07) is 1.18. The molecule has 0 atom stereocenters. The van der Waals surface area contributed by atoms with E-state index in [4.69, 9.17) is 0 Å².